The number of rotatable bonds is 4. The number of halogens is 1. The summed E-state index contributed by atoms with van der Waals surface area (Å²) in [5, 5.41) is 4.72. The van der Waals surface area contributed by atoms with E-state index in [1.54, 1.807) is 34.9 Å². The minimum Gasteiger partial charge on any atom is -0.308 e. The highest BCUT2D eigenvalue weighted by molar-refractivity contribution is 7.15. The number of hydrogen-bond donors (Lipinski definition) is 1. The van der Waals surface area contributed by atoms with Crippen LogP contribution < -0.4 is 5.32 Å². The van der Waals surface area contributed by atoms with Crippen LogP contribution in [0.4, 0.5) is 10.2 Å². The first kappa shape index (κ1) is 18.3. The van der Waals surface area contributed by atoms with Crippen molar-refractivity contribution in [2.24, 2.45) is 0 Å². The Kier molecular flexibility index (Phi) is 4.22. The molecule has 1 aliphatic heterocycles. The van der Waals surface area contributed by atoms with Gasteiger partial charge in [-0.15, -0.1) is 11.3 Å². The highest BCUT2D eigenvalue weighted by atomic mass is 32.1. The fraction of sp³-hybridized carbons (Fsp3) is 0.0455. The number of nitrogens with zero attached hydrogens (tertiary/aromatic N) is 3. The monoisotopic (exact) mass is 418 g/mol. The molecule has 8 heteroatoms. The van der Waals surface area contributed by atoms with Gasteiger partial charge in [0.1, 0.15) is 23.9 Å². The number of fused-ring (bicyclic) bond motifs is 2. The van der Waals surface area contributed by atoms with Gasteiger partial charge in [-0.1, -0.05) is 24.8 Å². The smallest absolute Gasteiger partial charge is 0.259 e. The zero-order valence-electron chi connectivity index (χ0n) is 15.6. The second kappa shape index (κ2) is 6.93. The van der Waals surface area contributed by atoms with Crippen LogP contribution in [0.1, 0.15) is 15.9 Å². The molecule has 0 fully saturated rings. The zero-order valence-corrected chi connectivity index (χ0v) is 16.4. The summed E-state index contributed by atoms with van der Waals surface area (Å²) in [6, 6.07) is 13.1. The van der Waals surface area contributed by atoms with E-state index in [4.69, 9.17) is 0 Å². The molecule has 3 heterocycles. The van der Waals surface area contributed by atoms with E-state index in [0.29, 0.717) is 33.3 Å². The molecular formula is C22H15FN4O2S. The summed E-state index contributed by atoms with van der Waals surface area (Å²) in [6.07, 6.45) is 1.80. The lowest BCUT2D eigenvalue weighted by Gasteiger charge is -2.17. The molecule has 6 nitrogen and oxygen atoms in total. The normalized spacial score (nSPS) is 13.2. The average Bonchev–Trinajstić information content (AvgIpc) is 3.40. The summed E-state index contributed by atoms with van der Waals surface area (Å²) in [5.74, 6) is -0.513. The minimum absolute atomic E-state index is 0.174. The maximum atomic E-state index is 13.3. The van der Waals surface area contributed by atoms with Crippen molar-refractivity contribution in [3.05, 3.63) is 83.6 Å². The van der Waals surface area contributed by atoms with Crippen molar-refractivity contribution < 1.29 is 14.0 Å². The number of thiazole rings is 1. The summed E-state index contributed by atoms with van der Waals surface area (Å²) in [6.45, 7) is 3.79. The topological polar surface area (TPSA) is 66.7 Å². The molecule has 1 aliphatic rings. The van der Waals surface area contributed by atoms with Crippen molar-refractivity contribution in [1.29, 1.82) is 0 Å². The Bertz CT molecular complexity index is 1290. The molecule has 2 amide bonds. The van der Waals surface area contributed by atoms with Crippen molar-refractivity contribution >= 4 is 39.6 Å². The van der Waals surface area contributed by atoms with Gasteiger partial charge >= 0.3 is 0 Å². The van der Waals surface area contributed by atoms with Gasteiger partial charge in [0.15, 0.2) is 4.96 Å². The standard InChI is InChI=1S/C22H15FN4O2S/c1-13-16-4-2-3-5-17(16)21(29)27(13)12-18(28)24-20-19(14-6-8-15(23)9-7-14)25-22-26(20)10-11-30-22/h2-11H,1,12H2,(H,24,28). The first-order valence-corrected chi connectivity index (χ1v) is 10.0. The molecule has 0 atom stereocenters. The van der Waals surface area contributed by atoms with Crippen molar-refractivity contribution in [3.63, 3.8) is 0 Å². The summed E-state index contributed by atoms with van der Waals surface area (Å²) in [4.78, 5) is 32.2. The van der Waals surface area contributed by atoms with Crippen LogP contribution in [0, 0.1) is 5.82 Å². The first-order valence-electron chi connectivity index (χ1n) is 9.14. The van der Waals surface area contributed by atoms with Crippen LogP contribution in [0.3, 0.4) is 0 Å². The molecule has 0 unspecified atom stereocenters. The average molecular weight is 418 g/mol. The fourth-order valence-electron chi connectivity index (χ4n) is 3.53. The number of benzene rings is 2. The Morgan fingerprint density at radius 2 is 1.87 bits per heavy atom. The number of aromatic nitrogens is 2. The van der Waals surface area contributed by atoms with E-state index in [2.05, 4.69) is 16.9 Å². The summed E-state index contributed by atoms with van der Waals surface area (Å²) in [7, 11) is 0. The molecule has 0 radical (unpaired) electrons. The molecule has 30 heavy (non-hydrogen) atoms. The lowest BCUT2D eigenvalue weighted by molar-refractivity contribution is -0.116. The van der Waals surface area contributed by atoms with Crippen LogP contribution in [0.25, 0.3) is 21.9 Å². The highest BCUT2D eigenvalue weighted by Gasteiger charge is 2.32. The molecule has 0 bridgehead atoms. The second-order valence-corrected chi connectivity index (χ2v) is 7.68. The van der Waals surface area contributed by atoms with Gasteiger partial charge in [-0.25, -0.2) is 9.37 Å². The number of amides is 2. The van der Waals surface area contributed by atoms with Gasteiger partial charge in [-0.3, -0.25) is 18.9 Å². The fourth-order valence-corrected chi connectivity index (χ4v) is 4.25. The van der Waals surface area contributed by atoms with E-state index in [1.807, 2.05) is 17.5 Å². The maximum absolute atomic E-state index is 13.3. The van der Waals surface area contributed by atoms with E-state index in [1.165, 1.54) is 28.4 Å². The van der Waals surface area contributed by atoms with E-state index in [-0.39, 0.29) is 24.2 Å². The number of hydrogen-bond acceptors (Lipinski definition) is 4. The number of carbonyl (C=O) groups is 2. The number of anilines is 1. The van der Waals surface area contributed by atoms with Gasteiger partial charge in [0, 0.05) is 34.0 Å². The Morgan fingerprint density at radius 1 is 1.13 bits per heavy atom. The molecule has 0 spiro atoms. The number of carbonyl (C=O) groups excluding carboxylic acids is 2. The predicted molar refractivity (Wildman–Crippen MR) is 114 cm³/mol. The van der Waals surface area contributed by atoms with Gasteiger partial charge in [-0.05, 0) is 30.3 Å². The summed E-state index contributed by atoms with van der Waals surface area (Å²) >= 11 is 1.42. The van der Waals surface area contributed by atoms with Crippen LogP contribution in [-0.2, 0) is 4.79 Å². The summed E-state index contributed by atoms with van der Waals surface area (Å²) in [5.41, 5.74) is 2.97. The molecule has 2 aromatic carbocycles. The van der Waals surface area contributed by atoms with Crippen LogP contribution in [0.15, 0.2) is 66.7 Å². The predicted octanol–water partition coefficient (Wildman–Crippen LogP) is 4.27. The Labute approximate surface area is 174 Å². The van der Waals surface area contributed by atoms with Gasteiger partial charge in [-0.2, -0.15) is 0 Å². The lowest BCUT2D eigenvalue weighted by atomic mass is 10.1. The Morgan fingerprint density at radius 3 is 2.60 bits per heavy atom. The van der Waals surface area contributed by atoms with Gasteiger partial charge < -0.3 is 5.32 Å². The van der Waals surface area contributed by atoms with Crippen LogP contribution >= 0.6 is 11.3 Å². The molecule has 4 aromatic rings. The molecule has 148 valence electrons. The molecule has 5 rings (SSSR count). The Hall–Kier alpha value is -3.78. The largest absolute Gasteiger partial charge is 0.308 e. The summed E-state index contributed by atoms with van der Waals surface area (Å²) < 4.78 is 15.1. The lowest BCUT2D eigenvalue weighted by Crippen LogP contribution is -2.33. The molecule has 1 N–H and O–H groups in total. The number of imidazole rings is 1. The zero-order chi connectivity index (χ0) is 20.8. The first-order chi connectivity index (χ1) is 14.5. The van der Waals surface area contributed by atoms with Crippen molar-refractivity contribution in [2.45, 2.75) is 0 Å². The van der Waals surface area contributed by atoms with E-state index in [9.17, 15) is 14.0 Å². The third kappa shape index (κ3) is 2.89. The van der Waals surface area contributed by atoms with Crippen molar-refractivity contribution in [3.8, 4) is 11.3 Å². The SMILES string of the molecule is C=C1c2ccccc2C(=O)N1CC(=O)Nc1c(-c2ccc(F)cc2)nc2sccn12. The van der Waals surface area contributed by atoms with Crippen LogP contribution in [-0.4, -0.2) is 32.6 Å². The van der Waals surface area contributed by atoms with Crippen LogP contribution in [0.2, 0.25) is 0 Å². The molecule has 0 saturated heterocycles. The van der Waals surface area contributed by atoms with Gasteiger partial charge in [0.2, 0.25) is 5.91 Å². The molecular weight excluding hydrogens is 403 g/mol. The minimum atomic E-state index is -0.381. The second-order valence-electron chi connectivity index (χ2n) is 6.80. The van der Waals surface area contributed by atoms with Crippen molar-refractivity contribution in [1.82, 2.24) is 14.3 Å². The van der Waals surface area contributed by atoms with E-state index in [0.717, 1.165) is 5.56 Å². The third-order valence-corrected chi connectivity index (χ3v) is 5.74. The Balaban J connectivity index is 1.44. The van der Waals surface area contributed by atoms with Gasteiger partial charge in [0.25, 0.3) is 5.91 Å². The van der Waals surface area contributed by atoms with Crippen molar-refractivity contribution in [2.75, 3.05) is 11.9 Å². The quantitative estimate of drug-likeness (QED) is 0.538. The van der Waals surface area contributed by atoms with E-state index < -0.39 is 0 Å². The number of nitrogens with one attached hydrogen (secondary N) is 1. The maximum Gasteiger partial charge on any atom is 0.259 e. The highest BCUT2D eigenvalue weighted by Crippen LogP contribution is 2.33. The molecule has 2 aromatic heterocycles. The molecule has 0 saturated carbocycles. The van der Waals surface area contributed by atoms with Crippen LogP contribution in [0.5, 0.6) is 0 Å². The van der Waals surface area contributed by atoms with Gasteiger partial charge in [0.05, 0.1) is 0 Å². The third-order valence-electron chi connectivity index (χ3n) is 4.98. The molecule has 0 aliphatic carbocycles. The van der Waals surface area contributed by atoms with E-state index >= 15 is 0 Å².